The largest absolute Gasteiger partial charge is 0.495 e. The van der Waals surface area contributed by atoms with Gasteiger partial charge in [-0.25, -0.2) is 0 Å². The van der Waals surface area contributed by atoms with Crippen molar-refractivity contribution in [3.8, 4) is 0 Å². The van der Waals surface area contributed by atoms with Gasteiger partial charge in [-0.2, -0.15) is 0 Å². The molecule has 0 bridgehead atoms. The number of aliphatic hydroxyl groups is 1. The van der Waals surface area contributed by atoms with E-state index in [1.807, 2.05) is 0 Å². The Kier molecular flexibility index (Phi) is 13.7. The van der Waals surface area contributed by atoms with E-state index in [9.17, 15) is 0 Å². The van der Waals surface area contributed by atoms with Crippen LogP contribution in [0.3, 0.4) is 0 Å². The molecule has 0 fully saturated rings. The van der Waals surface area contributed by atoms with Gasteiger partial charge in [0.15, 0.2) is 5.88 Å². The predicted molar refractivity (Wildman–Crippen MR) is 61.1 cm³/mol. The lowest BCUT2D eigenvalue weighted by Gasteiger charge is -2.08. The first-order chi connectivity index (χ1) is 6.59. The molecule has 86 valence electrons. The van der Waals surface area contributed by atoms with E-state index in [4.69, 9.17) is 16.6 Å². The van der Waals surface area contributed by atoms with Gasteiger partial charge in [-0.3, -0.25) is 0 Å². The molecule has 14 heavy (non-hydrogen) atoms. The fourth-order valence-electron chi connectivity index (χ4n) is 0.587. The summed E-state index contributed by atoms with van der Waals surface area (Å²) in [6.07, 6.45) is 1.64. The van der Waals surface area contributed by atoms with Crippen LogP contribution in [-0.4, -0.2) is 50.3 Å². The van der Waals surface area contributed by atoms with Crippen LogP contribution < -0.4 is 16.8 Å². The van der Waals surface area contributed by atoms with Crippen LogP contribution in [0.15, 0.2) is 12.0 Å². The van der Waals surface area contributed by atoms with Gasteiger partial charge in [0.2, 0.25) is 0 Å². The summed E-state index contributed by atoms with van der Waals surface area (Å²) in [5, 5.41) is 11.8. The van der Waals surface area contributed by atoms with Crippen LogP contribution in [0.4, 0.5) is 0 Å². The molecule has 0 heterocycles. The van der Waals surface area contributed by atoms with Gasteiger partial charge in [-0.05, 0) is 13.0 Å². The molecule has 0 unspecified atom stereocenters. The number of nitrogens with one attached hydrogen (secondary N) is 1. The Bertz CT molecular complexity index is 133. The van der Waals surface area contributed by atoms with Crippen molar-refractivity contribution in [3.63, 3.8) is 0 Å². The molecule has 0 radical (unpaired) electrons. The van der Waals surface area contributed by atoms with Crippen LogP contribution in [0.1, 0.15) is 6.92 Å². The zero-order valence-electron chi connectivity index (χ0n) is 9.45. The Hall–Kier alpha value is -0.780. The monoisotopic (exact) mass is 204 g/mol. The third-order valence-electron chi connectivity index (χ3n) is 1.36. The molecule has 0 atom stereocenters. The molecule has 5 nitrogen and oxygen atoms in total. The summed E-state index contributed by atoms with van der Waals surface area (Å²) >= 11 is 0. The highest BCUT2D eigenvalue weighted by Gasteiger charge is 1.86. The highest BCUT2D eigenvalue weighted by Crippen LogP contribution is 1.88. The van der Waals surface area contributed by atoms with Gasteiger partial charge >= 0.3 is 0 Å². The van der Waals surface area contributed by atoms with Crippen LogP contribution in [0.25, 0.3) is 0 Å². The second kappa shape index (κ2) is 12.2. The number of rotatable bonds is 5. The molecule has 0 saturated heterocycles. The van der Waals surface area contributed by atoms with Crippen molar-refractivity contribution in [3.05, 3.63) is 12.0 Å². The van der Waals surface area contributed by atoms with Gasteiger partial charge in [-0.15, -0.1) is 0 Å². The Morgan fingerprint density at radius 3 is 1.86 bits per heavy atom. The van der Waals surface area contributed by atoms with E-state index in [1.165, 1.54) is 0 Å². The lowest BCUT2D eigenvalue weighted by Crippen LogP contribution is -2.27. The quantitative estimate of drug-likeness (QED) is 0.357. The number of hydrogen-bond donors (Lipinski definition) is 4. The molecule has 0 aromatic rings. The lowest BCUT2D eigenvalue weighted by atomic mass is 10.6. The average molecular weight is 204 g/mol. The minimum Gasteiger partial charge on any atom is -0.495 e. The normalized spacial score (nSPS) is 10.5. The van der Waals surface area contributed by atoms with Crippen molar-refractivity contribution in [1.82, 2.24) is 10.2 Å². The van der Waals surface area contributed by atoms with Gasteiger partial charge in [0.25, 0.3) is 0 Å². The summed E-state index contributed by atoms with van der Waals surface area (Å²) in [6.45, 7) is 4.92. The first-order valence-electron chi connectivity index (χ1n) is 4.73. The van der Waals surface area contributed by atoms with Gasteiger partial charge in [0.1, 0.15) is 0 Å². The summed E-state index contributed by atoms with van der Waals surface area (Å²) in [4.78, 5) is 1.64. The van der Waals surface area contributed by atoms with Crippen molar-refractivity contribution < 1.29 is 5.11 Å². The summed E-state index contributed by atoms with van der Waals surface area (Å²) in [6, 6.07) is 0. The SMILES string of the molecule is CC=C(O)N(C)C.NCCNCCN. The van der Waals surface area contributed by atoms with Crippen molar-refractivity contribution in [1.29, 1.82) is 0 Å². The summed E-state index contributed by atoms with van der Waals surface area (Å²) in [7, 11) is 3.57. The first-order valence-corrected chi connectivity index (χ1v) is 4.73. The smallest absolute Gasteiger partial charge is 0.181 e. The number of allylic oxidation sites excluding steroid dienone is 1. The molecule has 0 aliphatic heterocycles. The fraction of sp³-hybridized carbons (Fsp3) is 0.778. The maximum Gasteiger partial charge on any atom is 0.181 e. The molecular weight excluding hydrogens is 180 g/mol. The van der Waals surface area contributed by atoms with Gasteiger partial charge in [-0.1, -0.05) is 0 Å². The van der Waals surface area contributed by atoms with Gasteiger partial charge in [0.05, 0.1) is 0 Å². The Morgan fingerprint density at radius 2 is 1.71 bits per heavy atom. The highest BCUT2D eigenvalue weighted by atomic mass is 16.3. The van der Waals surface area contributed by atoms with E-state index in [2.05, 4.69) is 5.32 Å². The number of hydrogen-bond acceptors (Lipinski definition) is 5. The van der Waals surface area contributed by atoms with E-state index < -0.39 is 0 Å². The molecule has 0 amide bonds. The van der Waals surface area contributed by atoms with Crippen LogP contribution >= 0.6 is 0 Å². The molecule has 0 saturated carbocycles. The average Bonchev–Trinajstić information content (AvgIpc) is 2.18. The van der Waals surface area contributed by atoms with Gasteiger partial charge < -0.3 is 26.8 Å². The van der Waals surface area contributed by atoms with E-state index in [0.29, 0.717) is 19.0 Å². The maximum atomic E-state index is 8.72. The molecule has 5 heteroatoms. The van der Waals surface area contributed by atoms with E-state index in [-0.39, 0.29) is 0 Å². The minimum atomic E-state index is 0.306. The van der Waals surface area contributed by atoms with Crippen LogP contribution in [0.5, 0.6) is 0 Å². The predicted octanol–water partition coefficient (Wildman–Crippen LogP) is -0.539. The molecule has 6 N–H and O–H groups in total. The number of nitrogens with two attached hydrogens (primary N) is 2. The molecule has 0 aromatic heterocycles. The zero-order valence-corrected chi connectivity index (χ0v) is 9.45. The summed E-state index contributed by atoms with van der Waals surface area (Å²) < 4.78 is 0. The lowest BCUT2D eigenvalue weighted by molar-refractivity contribution is 0.263. The molecule has 0 aliphatic carbocycles. The van der Waals surface area contributed by atoms with Gasteiger partial charge in [0, 0.05) is 40.3 Å². The molecule has 0 spiro atoms. The first kappa shape index (κ1) is 15.7. The third-order valence-corrected chi connectivity index (χ3v) is 1.36. The van der Waals surface area contributed by atoms with Crippen LogP contribution in [0, 0.1) is 0 Å². The van der Waals surface area contributed by atoms with Crippen LogP contribution in [-0.2, 0) is 0 Å². The third kappa shape index (κ3) is 13.8. The number of nitrogens with zero attached hydrogens (tertiary/aromatic N) is 1. The molecule has 0 rings (SSSR count). The Morgan fingerprint density at radius 1 is 1.29 bits per heavy atom. The van der Waals surface area contributed by atoms with E-state index >= 15 is 0 Å². The maximum absolute atomic E-state index is 8.72. The zero-order chi connectivity index (χ0) is 11.4. The summed E-state index contributed by atoms with van der Waals surface area (Å²) in [5.74, 6) is 0.306. The highest BCUT2D eigenvalue weighted by molar-refractivity contribution is 4.83. The minimum absolute atomic E-state index is 0.306. The number of aliphatic hydroxyl groups excluding tert-OH is 1. The topological polar surface area (TPSA) is 87.5 Å². The van der Waals surface area contributed by atoms with E-state index in [1.54, 1.807) is 32.0 Å². The second-order valence-corrected chi connectivity index (χ2v) is 2.87. The Balaban J connectivity index is 0. The molecule has 0 aromatic carbocycles. The standard InChI is InChI=1S/C5H11NO.C4H13N3/c1-4-5(7)6(2)3;5-1-3-7-4-2-6/h4,7H,1-3H3;7H,1-6H2. The fourth-order valence-corrected chi connectivity index (χ4v) is 0.587. The van der Waals surface area contributed by atoms with Crippen molar-refractivity contribution >= 4 is 0 Å². The molecule has 0 aliphatic rings. The van der Waals surface area contributed by atoms with Crippen LogP contribution in [0.2, 0.25) is 0 Å². The molecular formula is C9H24N4O. The van der Waals surface area contributed by atoms with Crippen molar-refractivity contribution in [2.45, 2.75) is 6.92 Å². The Labute approximate surface area is 86.8 Å². The van der Waals surface area contributed by atoms with Crippen molar-refractivity contribution in [2.24, 2.45) is 11.5 Å². The second-order valence-electron chi connectivity index (χ2n) is 2.87. The van der Waals surface area contributed by atoms with E-state index in [0.717, 1.165) is 13.1 Å². The van der Waals surface area contributed by atoms with Crippen molar-refractivity contribution in [2.75, 3.05) is 40.3 Å². The summed E-state index contributed by atoms with van der Waals surface area (Å²) in [5.41, 5.74) is 10.3.